The lowest BCUT2D eigenvalue weighted by molar-refractivity contribution is -0.151. The highest BCUT2D eigenvalue weighted by Crippen LogP contribution is 2.17. The number of rotatable bonds is 38. The number of allylic oxidation sites excluding steroid dienone is 2. The molecule has 0 aliphatic carbocycles. The Balaban J connectivity index is 4.50. The predicted molar refractivity (Wildman–Crippen MR) is 209 cm³/mol. The molecule has 0 aliphatic rings. The smallest absolute Gasteiger partial charge is 0.306 e. The Labute approximate surface area is 304 Å². The Morgan fingerprint density at radius 3 is 1.53 bits per heavy atom. The summed E-state index contributed by atoms with van der Waals surface area (Å²) >= 11 is 0. The molecule has 1 amide bonds. The summed E-state index contributed by atoms with van der Waals surface area (Å²) in [5.74, 6) is -0.487. The minimum atomic E-state index is -0.782. The summed E-state index contributed by atoms with van der Waals surface area (Å²) in [6.07, 6.45) is 38.5. The molecule has 6 nitrogen and oxygen atoms in total. The van der Waals surface area contributed by atoms with Gasteiger partial charge in [0.05, 0.1) is 25.2 Å². The maximum atomic E-state index is 13.0. The van der Waals surface area contributed by atoms with E-state index < -0.39 is 18.2 Å². The van der Waals surface area contributed by atoms with E-state index in [4.69, 9.17) is 4.74 Å². The number of carbonyl (C=O) groups excluding carboxylic acids is 2. The summed E-state index contributed by atoms with van der Waals surface area (Å²) in [4.78, 5) is 25.8. The van der Waals surface area contributed by atoms with Gasteiger partial charge in [-0.3, -0.25) is 9.59 Å². The molecule has 0 saturated heterocycles. The van der Waals surface area contributed by atoms with Crippen LogP contribution in [-0.2, 0) is 14.3 Å². The normalized spacial score (nSPS) is 13.5. The molecule has 3 N–H and O–H groups in total. The van der Waals surface area contributed by atoms with Gasteiger partial charge >= 0.3 is 5.97 Å². The van der Waals surface area contributed by atoms with Crippen LogP contribution in [0.2, 0.25) is 0 Å². The lowest BCUT2D eigenvalue weighted by atomic mass is 10.0. The Morgan fingerprint density at radius 1 is 0.571 bits per heavy atom. The molecule has 3 unspecified atom stereocenters. The molecule has 0 radical (unpaired) electrons. The number of hydrogen-bond donors (Lipinski definition) is 3. The number of aliphatic hydroxyl groups is 2. The number of amides is 1. The first-order valence-electron chi connectivity index (χ1n) is 21.4. The van der Waals surface area contributed by atoms with Crippen molar-refractivity contribution in [3.8, 4) is 0 Å². The number of ether oxygens (including phenoxy) is 1. The molecule has 0 rings (SSSR count). The van der Waals surface area contributed by atoms with E-state index in [9.17, 15) is 19.8 Å². The molecule has 0 aliphatic heterocycles. The lowest BCUT2D eigenvalue weighted by Crippen LogP contribution is -2.46. The van der Waals surface area contributed by atoms with Crippen molar-refractivity contribution < 1.29 is 24.5 Å². The van der Waals surface area contributed by atoms with E-state index in [1.165, 1.54) is 109 Å². The van der Waals surface area contributed by atoms with Gasteiger partial charge in [-0.2, -0.15) is 0 Å². The van der Waals surface area contributed by atoms with Crippen LogP contribution in [-0.4, -0.2) is 46.9 Å². The maximum Gasteiger partial charge on any atom is 0.306 e. The van der Waals surface area contributed by atoms with Crippen LogP contribution in [0, 0.1) is 0 Å². The highest BCUT2D eigenvalue weighted by Gasteiger charge is 2.24. The van der Waals surface area contributed by atoms with Gasteiger partial charge in [-0.25, -0.2) is 0 Å². The molecular weight excluding hydrogens is 610 g/mol. The summed E-state index contributed by atoms with van der Waals surface area (Å²) in [5, 5.41) is 23.5. The van der Waals surface area contributed by atoms with Gasteiger partial charge < -0.3 is 20.3 Å². The Hall–Kier alpha value is -1.40. The number of hydrogen-bond acceptors (Lipinski definition) is 5. The molecule has 3 atom stereocenters. The molecule has 0 aromatic heterocycles. The van der Waals surface area contributed by atoms with E-state index in [0.29, 0.717) is 19.3 Å². The minimum absolute atomic E-state index is 0.0714. The minimum Gasteiger partial charge on any atom is -0.462 e. The topological polar surface area (TPSA) is 95.9 Å². The van der Waals surface area contributed by atoms with Crippen molar-refractivity contribution in [2.45, 2.75) is 244 Å². The van der Waals surface area contributed by atoms with Gasteiger partial charge in [-0.15, -0.1) is 0 Å². The molecule has 290 valence electrons. The first-order valence-corrected chi connectivity index (χ1v) is 21.4. The number of carbonyl (C=O) groups is 2. The van der Waals surface area contributed by atoms with Crippen LogP contribution >= 0.6 is 0 Å². The zero-order valence-electron chi connectivity index (χ0n) is 32.8. The van der Waals surface area contributed by atoms with E-state index in [0.717, 1.165) is 70.6 Å². The number of aliphatic hydroxyl groups excluding tert-OH is 2. The van der Waals surface area contributed by atoms with Crippen molar-refractivity contribution in [1.82, 2.24) is 5.32 Å². The third-order valence-corrected chi connectivity index (χ3v) is 9.83. The highest BCUT2D eigenvalue weighted by atomic mass is 16.5. The third kappa shape index (κ3) is 33.5. The summed E-state index contributed by atoms with van der Waals surface area (Å²) in [6.45, 7) is 6.38. The second-order valence-corrected chi connectivity index (χ2v) is 14.7. The fourth-order valence-electron chi connectivity index (χ4n) is 6.55. The molecule has 0 heterocycles. The Kier molecular flexibility index (Phi) is 36.8. The summed E-state index contributed by atoms with van der Waals surface area (Å²) < 4.78 is 5.86. The van der Waals surface area contributed by atoms with E-state index in [1.54, 1.807) is 0 Å². The molecule has 0 saturated carbocycles. The first kappa shape index (κ1) is 47.6. The van der Waals surface area contributed by atoms with Gasteiger partial charge in [0.15, 0.2) is 0 Å². The van der Waals surface area contributed by atoms with E-state index >= 15 is 0 Å². The van der Waals surface area contributed by atoms with Crippen LogP contribution in [0.3, 0.4) is 0 Å². The SMILES string of the molecule is CCC/C=C\CCCCCC(CC(=O)NC(CO)C(O)CCCCCCCCCCC)OC(=O)CCCCCCCCCCCCCCC. The molecule has 0 spiro atoms. The molecule has 0 fully saturated rings. The highest BCUT2D eigenvalue weighted by molar-refractivity contribution is 5.77. The van der Waals surface area contributed by atoms with Crippen LogP contribution in [0.4, 0.5) is 0 Å². The van der Waals surface area contributed by atoms with Crippen LogP contribution in [0.15, 0.2) is 12.2 Å². The molecule has 0 aromatic rings. The summed E-state index contributed by atoms with van der Waals surface area (Å²) in [5.41, 5.74) is 0. The molecule has 49 heavy (non-hydrogen) atoms. The quantitative estimate of drug-likeness (QED) is 0.0340. The van der Waals surface area contributed by atoms with Gasteiger partial charge in [0.1, 0.15) is 6.10 Å². The van der Waals surface area contributed by atoms with Crippen molar-refractivity contribution in [2.24, 2.45) is 0 Å². The number of nitrogens with one attached hydrogen (secondary N) is 1. The van der Waals surface area contributed by atoms with Gasteiger partial charge in [-0.1, -0.05) is 181 Å². The Bertz CT molecular complexity index is 742. The van der Waals surface area contributed by atoms with Crippen LogP contribution in [0.25, 0.3) is 0 Å². The third-order valence-electron chi connectivity index (χ3n) is 9.83. The van der Waals surface area contributed by atoms with Gasteiger partial charge in [0.25, 0.3) is 0 Å². The zero-order chi connectivity index (χ0) is 36.0. The largest absolute Gasteiger partial charge is 0.462 e. The standard InChI is InChI=1S/C43H83NO5/c1-4-7-10-13-16-19-20-21-22-24-27-30-33-36-43(48)49-39(34-31-28-25-18-15-12-9-6-3)37-42(47)44-40(38-45)41(46)35-32-29-26-23-17-14-11-8-5-2/h12,15,39-41,45-46H,4-11,13-14,16-38H2,1-3H3,(H,44,47)/b15-12-. The fourth-order valence-corrected chi connectivity index (χ4v) is 6.55. The van der Waals surface area contributed by atoms with E-state index in [-0.39, 0.29) is 24.9 Å². The monoisotopic (exact) mass is 694 g/mol. The van der Waals surface area contributed by atoms with Crippen LogP contribution in [0.5, 0.6) is 0 Å². The van der Waals surface area contributed by atoms with Crippen LogP contribution in [0.1, 0.15) is 226 Å². The van der Waals surface area contributed by atoms with Gasteiger partial charge in [0, 0.05) is 6.42 Å². The van der Waals surface area contributed by atoms with Gasteiger partial charge in [0.2, 0.25) is 5.91 Å². The molecular formula is C43H83NO5. The van der Waals surface area contributed by atoms with Crippen molar-refractivity contribution >= 4 is 11.9 Å². The number of esters is 1. The zero-order valence-corrected chi connectivity index (χ0v) is 32.8. The maximum absolute atomic E-state index is 13.0. The summed E-state index contributed by atoms with van der Waals surface area (Å²) in [7, 11) is 0. The fraction of sp³-hybridized carbons (Fsp3) is 0.907. The molecule has 0 bridgehead atoms. The summed E-state index contributed by atoms with van der Waals surface area (Å²) in [6, 6.07) is -0.696. The predicted octanol–water partition coefficient (Wildman–Crippen LogP) is 11.8. The lowest BCUT2D eigenvalue weighted by Gasteiger charge is -2.24. The van der Waals surface area contributed by atoms with Crippen molar-refractivity contribution in [3.05, 3.63) is 12.2 Å². The van der Waals surface area contributed by atoms with E-state index in [1.807, 2.05) is 0 Å². The van der Waals surface area contributed by atoms with Crippen LogP contribution < -0.4 is 5.32 Å². The second kappa shape index (κ2) is 37.8. The average Bonchev–Trinajstić information content (AvgIpc) is 3.09. The first-order chi connectivity index (χ1) is 24.0. The van der Waals surface area contributed by atoms with Crippen molar-refractivity contribution in [3.63, 3.8) is 0 Å². The number of unbranched alkanes of at least 4 members (excludes halogenated alkanes) is 24. The van der Waals surface area contributed by atoms with Crippen molar-refractivity contribution in [2.75, 3.05) is 6.61 Å². The second-order valence-electron chi connectivity index (χ2n) is 14.7. The molecule has 0 aromatic carbocycles. The Morgan fingerprint density at radius 2 is 1.02 bits per heavy atom. The van der Waals surface area contributed by atoms with Crippen molar-refractivity contribution in [1.29, 1.82) is 0 Å². The van der Waals surface area contributed by atoms with Gasteiger partial charge in [-0.05, 0) is 44.9 Å². The molecule has 6 heteroatoms. The average molecular weight is 694 g/mol. The van der Waals surface area contributed by atoms with E-state index in [2.05, 4.69) is 38.2 Å².